The van der Waals surface area contributed by atoms with Gasteiger partial charge in [0, 0.05) is 35.4 Å². The van der Waals surface area contributed by atoms with E-state index < -0.39 is 17.3 Å². The number of aryl methyl sites for hydroxylation is 1. The van der Waals surface area contributed by atoms with Crippen LogP contribution in [0.3, 0.4) is 0 Å². The van der Waals surface area contributed by atoms with Gasteiger partial charge in [0.15, 0.2) is 0 Å². The summed E-state index contributed by atoms with van der Waals surface area (Å²) in [6.07, 6.45) is 4.99. The van der Waals surface area contributed by atoms with Gasteiger partial charge in [-0.25, -0.2) is 4.39 Å². The number of carbonyl (C=O) groups is 1. The Morgan fingerprint density at radius 3 is 2.61 bits per heavy atom. The van der Waals surface area contributed by atoms with Crippen LogP contribution in [0.15, 0.2) is 78.0 Å². The Labute approximate surface area is 160 Å². The second-order valence-electron chi connectivity index (χ2n) is 6.42. The Morgan fingerprint density at radius 1 is 1.04 bits per heavy atom. The summed E-state index contributed by atoms with van der Waals surface area (Å²) >= 11 is 0. The number of halogens is 1. The number of fused-ring (bicyclic) bond motifs is 1. The van der Waals surface area contributed by atoms with Crippen molar-refractivity contribution in [3.63, 3.8) is 0 Å². The van der Waals surface area contributed by atoms with E-state index in [4.69, 9.17) is 0 Å². The lowest BCUT2D eigenvalue weighted by atomic mass is 10.1. The summed E-state index contributed by atoms with van der Waals surface area (Å²) in [4.78, 5) is 29.8. The van der Waals surface area contributed by atoms with E-state index in [-0.39, 0.29) is 5.56 Å². The number of nitrogens with zero attached hydrogens (tertiary/aromatic N) is 2. The molecule has 0 saturated carbocycles. The summed E-state index contributed by atoms with van der Waals surface area (Å²) in [6, 6.07) is 14.5. The number of amides is 1. The molecule has 138 valence electrons. The van der Waals surface area contributed by atoms with Gasteiger partial charge in [0.25, 0.3) is 11.5 Å². The van der Waals surface area contributed by atoms with E-state index in [1.807, 2.05) is 18.2 Å². The van der Waals surface area contributed by atoms with Crippen LogP contribution >= 0.6 is 0 Å². The lowest BCUT2D eigenvalue weighted by molar-refractivity contribution is 0.102. The van der Waals surface area contributed by atoms with Gasteiger partial charge in [-0.2, -0.15) is 0 Å². The largest absolute Gasteiger partial charge is 0.322 e. The minimum absolute atomic E-state index is 0.0432. The van der Waals surface area contributed by atoms with Crippen molar-refractivity contribution in [1.82, 2.24) is 9.55 Å². The number of hydrogen-bond donors (Lipinski definition) is 1. The van der Waals surface area contributed by atoms with Gasteiger partial charge in [-0.15, -0.1) is 0 Å². The van der Waals surface area contributed by atoms with Crippen LogP contribution in [0.1, 0.15) is 15.9 Å². The quantitative estimate of drug-likeness (QED) is 0.588. The standard InChI is InChI=1S/C22H16FN3O2/c1-14-9-11-26(19-6-3-17(23)4-7-19)22(28)20(14)21(27)25-18-5-2-16-13-24-10-8-15(16)12-18/h2-13H,1H3,(H,25,27). The van der Waals surface area contributed by atoms with Gasteiger partial charge < -0.3 is 5.32 Å². The molecule has 0 fully saturated rings. The molecule has 0 radical (unpaired) electrons. The van der Waals surface area contributed by atoms with E-state index in [1.54, 1.807) is 37.6 Å². The lowest BCUT2D eigenvalue weighted by Gasteiger charge is -2.12. The molecule has 0 aliphatic heterocycles. The number of nitrogens with one attached hydrogen (secondary N) is 1. The van der Waals surface area contributed by atoms with Crippen molar-refractivity contribution in [2.24, 2.45) is 0 Å². The van der Waals surface area contributed by atoms with E-state index >= 15 is 0 Å². The van der Waals surface area contributed by atoms with Crippen LogP contribution in [0.2, 0.25) is 0 Å². The van der Waals surface area contributed by atoms with Crippen LogP contribution in [0, 0.1) is 12.7 Å². The van der Waals surface area contributed by atoms with Crippen LogP contribution in [0.25, 0.3) is 16.5 Å². The van der Waals surface area contributed by atoms with Gasteiger partial charge in [0.1, 0.15) is 11.4 Å². The fourth-order valence-corrected chi connectivity index (χ4v) is 3.06. The Balaban J connectivity index is 1.71. The number of carbonyl (C=O) groups excluding carboxylic acids is 1. The van der Waals surface area contributed by atoms with Crippen molar-refractivity contribution in [2.45, 2.75) is 6.92 Å². The normalized spacial score (nSPS) is 10.8. The summed E-state index contributed by atoms with van der Waals surface area (Å²) in [5, 5.41) is 4.67. The number of rotatable bonds is 3. The average Bonchev–Trinajstić information content (AvgIpc) is 2.69. The Kier molecular flexibility index (Phi) is 4.45. The molecule has 1 N–H and O–H groups in total. The minimum Gasteiger partial charge on any atom is -0.322 e. The number of aromatic nitrogens is 2. The van der Waals surface area contributed by atoms with E-state index in [9.17, 15) is 14.0 Å². The lowest BCUT2D eigenvalue weighted by Crippen LogP contribution is -2.29. The highest BCUT2D eigenvalue weighted by Gasteiger charge is 2.17. The van der Waals surface area contributed by atoms with Crippen molar-refractivity contribution in [3.05, 3.63) is 100 Å². The van der Waals surface area contributed by atoms with Crippen LogP contribution in [-0.2, 0) is 0 Å². The molecule has 4 rings (SSSR count). The summed E-state index contributed by atoms with van der Waals surface area (Å²) < 4.78 is 14.5. The van der Waals surface area contributed by atoms with Gasteiger partial charge >= 0.3 is 0 Å². The predicted molar refractivity (Wildman–Crippen MR) is 106 cm³/mol. The molecule has 0 aliphatic carbocycles. The van der Waals surface area contributed by atoms with Crippen molar-refractivity contribution in [3.8, 4) is 5.69 Å². The zero-order valence-electron chi connectivity index (χ0n) is 15.0. The molecule has 1 amide bonds. The Bertz CT molecular complexity index is 1250. The first-order valence-corrected chi connectivity index (χ1v) is 8.66. The van der Waals surface area contributed by atoms with Gasteiger partial charge in [-0.05, 0) is 66.4 Å². The summed E-state index contributed by atoms with van der Waals surface area (Å²) in [6.45, 7) is 1.71. The van der Waals surface area contributed by atoms with E-state index in [0.717, 1.165) is 10.8 Å². The number of pyridine rings is 2. The van der Waals surface area contributed by atoms with E-state index in [2.05, 4.69) is 10.3 Å². The molecule has 2 heterocycles. The van der Waals surface area contributed by atoms with Crippen molar-refractivity contribution < 1.29 is 9.18 Å². The third-order valence-corrected chi connectivity index (χ3v) is 4.53. The summed E-state index contributed by atoms with van der Waals surface area (Å²) in [5.41, 5.74) is 1.21. The van der Waals surface area contributed by atoms with E-state index in [0.29, 0.717) is 16.9 Å². The van der Waals surface area contributed by atoms with Crippen LogP contribution in [0.5, 0.6) is 0 Å². The summed E-state index contributed by atoms with van der Waals surface area (Å²) in [5.74, 6) is -0.888. The maximum absolute atomic E-state index is 13.2. The first kappa shape index (κ1) is 17.6. The molecule has 2 aromatic heterocycles. The molecule has 2 aromatic carbocycles. The molecule has 0 unspecified atom stereocenters. The van der Waals surface area contributed by atoms with Crippen molar-refractivity contribution in [2.75, 3.05) is 5.32 Å². The third-order valence-electron chi connectivity index (χ3n) is 4.53. The van der Waals surface area contributed by atoms with Crippen LogP contribution in [0.4, 0.5) is 10.1 Å². The maximum Gasteiger partial charge on any atom is 0.268 e. The molecule has 0 aliphatic rings. The monoisotopic (exact) mass is 373 g/mol. The fraction of sp³-hybridized carbons (Fsp3) is 0.0455. The molecule has 0 atom stereocenters. The first-order valence-electron chi connectivity index (χ1n) is 8.66. The molecule has 0 bridgehead atoms. The SMILES string of the molecule is Cc1ccn(-c2ccc(F)cc2)c(=O)c1C(=O)Nc1ccc2cnccc2c1. The van der Waals surface area contributed by atoms with Crippen LogP contribution in [-0.4, -0.2) is 15.5 Å². The number of anilines is 1. The zero-order valence-corrected chi connectivity index (χ0v) is 15.0. The number of hydrogen-bond acceptors (Lipinski definition) is 3. The molecule has 6 heteroatoms. The second kappa shape index (κ2) is 7.08. The highest BCUT2D eigenvalue weighted by Crippen LogP contribution is 2.19. The van der Waals surface area contributed by atoms with E-state index in [1.165, 1.54) is 28.8 Å². The fourth-order valence-electron chi connectivity index (χ4n) is 3.06. The van der Waals surface area contributed by atoms with Gasteiger partial charge in [-0.1, -0.05) is 6.07 Å². The minimum atomic E-state index is -0.493. The third kappa shape index (κ3) is 3.27. The summed E-state index contributed by atoms with van der Waals surface area (Å²) in [7, 11) is 0. The Morgan fingerprint density at radius 2 is 1.82 bits per heavy atom. The molecule has 0 spiro atoms. The average molecular weight is 373 g/mol. The highest BCUT2D eigenvalue weighted by molar-refractivity contribution is 6.05. The predicted octanol–water partition coefficient (Wildman–Crippen LogP) is 4.09. The molecule has 28 heavy (non-hydrogen) atoms. The zero-order chi connectivity index (χ0) is 19.7. The van der Waals surface area contributed by atoms with Crippen molar-refractivity contribution >= 4 is 22.4 Å². The maximum atomic E-state index is 13.2. The topological polar surface area (TPSA) is 64.0 Å². The van der Waals surface area contributed by atoms with Gasteiger partial charge in [0.05, 0.1) is 0 Å². The van der Waals surface area contributed by atoms with Crippen molar-refractivity contribution in [1.29, 1.82) is 0 Å². The van der Waals surface area contributed by atoms with Crippen LogP contribution < -0.4 is 10.9 Å². The Hall–Kier alpha value is -3.80. The molecule has 4 aromatic rings. The van der Waals surface area contributed by atoms with Gasteiger partial charge in [0.2, 0.25) is 0 Å². The molecule has 0 saturated heterocycles. The van der Waals surface area contributed by atoms with Gasteiger partial charge in [-0.3, -0.25) is 19.1 Å². The molecular weight excluding hydrogens is 357 g/mol. The highest BCUT2D eigenvalue weighted by atomic mass is 19.1. The molecule has 5 nitrogen and oxygen atoms in total. The smallest absolute Gasteiger partial charge is 0.268 e. The second-order valence-corrected chi connectivity index (χ2v) is 6.42. The molecular formula is C22H16FN3O2. The first-order chi connectivity index (χ1) is 13.5. The number of benzene rings is 2.